The smallest absolute Gasteiger partial charge is 0.270 e. The first kappa shape index (κ1) is 12.7. The molecule has 18 heavy (non-hydrogen) atoms. The fourth-order valence-corrected chi connectivity index (χ4v) is 2.19. The van der Waals surface area contributed by atoms with Gasteiger partial charge in [-0.3, -0.25) is 9.59 Å². The lowest BCUT2D eigenvalue weighted by Gasteiger charge is -2.19. The van der Waals surface area contributed by atoms with Gasteiger partial charge >= 0.3 is 0 Å². The van der Waals surface area contributed by atoms with E-state index < -0.39 is 0 Å². The lowest BCUT2D eigenvalue weighted by atomic mass is 10.3. The number of nitrogens with one attached hydrogen (secondary N) is 1. The van der Waals surface area contributed by atoms with Gasteiger partial charge in [0.05, 0.1) is 6.54 Å². The third-order valence-electron chi connectivity index (χ3n) is 3.06. The molecular formula is C13H19N3O2. The molecule has 5 nitrogen and oxygen atoms in total. The monoisotopic (exact) mass is 249 g/mol. The van der Waals surface area contributed by atoms with E-state index in [1.165, 1.54) is 0 Å². The van der Waals surface area contributed by atoms with E-state index in [4.69, 9.17) is 0 Å². The van der Waals surface area contributed by atoms with E-state index in [0.29, 0.717) is 18.8 Å². The number of hydrogen-bond donors (Lipinski definition) is 1. The number of carbonyl (C=O) groups is 2. The molecule has 1 aromatic rings. The van der Waals surface area contributed by atoms with Crippen molar-refractivity contribution in [3.8, 4) is 0 Å². The number of carbonyl (C=O) groups excluding carboxylic acids is 2. The van der Waals surface area contributed by atoms with Crippen molar-refractivity contribution >= 4 is 11.8 Å². The van der Waals surface area contributed by atoms with Gasteiger partial charge in [-0.05, 0) is 25.0 Å². The van der Waals surface area contributed by atoms with Gasteiger partial charge in [-0.2, -0.15) is 0 Å². The van der Waals surface area contributed by atoms with Crippen LogP contribution in [0.25, 0.3) is 0 Å². The van der Waals surface area contributed by atoms with Gasteiger partial charge in [0.25, 0.3) is 5.91 Å². The van der Waals surface area contributed by atoms with Crippen LogP contribution in [0.3, 0.4) is 0 Å². The van der Waals surface area contributed by atoms with Crippen molar-refractivity contribution in [2.75, 3.05) is 19.6 Å². The molecule has 2 heterocycles. The van der Waals surface area contributed by atoms with E-state index in [-0.39, 0.29) is 18.4 Å². The molecule has 0 bridgehead atoms. The Labute approximate surface area is 107 Å². The maximum atomic E-state index is 12.4. The molecule has 0 radical (unpaired) electrons. The van der Waals surface area contributed by atoms with E-state index in [1.807, 2.05) is 22.9 Å². The van der Waals surface area contributed by atoms with Gasteiger partial charge in [-0.1, -0.05) is 6.92 Å². The Morgan fingerprint density at radius 3 is 3.11 bits per heavy atom. The summed E-state index contributed by atoms with van der Waals surface area (Å²) in [6.07, 6.45) is 3.70. The van der Waals surface area contributed by atoms with Gasteiger partial charge in [-0.25, -0.2) is 0 Å². The van der Waals surface area contributed by atoms with Crippen LogP contribution in [0.5, 0.6) is 0 Å². The molecule has 1 aliphatic rings. The molecule has 1 saturated heterocycles. The van der Waals surface area contributed by atoms with Crippen molar-refractivity contribution in [3.05, 3.63) is 24.0 Å². The van der Waals surface area contributed by atoms with E-state index in [2.05, 4.69) is 12.2 Å². The summed E-state index contributed by atoms with van der Waals surface area (Å²) in [4.78, 5) is 25.5. The molecule has 0 atom stereocenters. The molecule has 1 aromatic heterocycles. The van der Waals surface area contributed by atoms with Gasteiger partial charge in [0.2, 0.25) is 5.91 Å². The van der Waals surface area contributed by atoms with Crippen LogP contribution in [-0.2, 0) is 11.3 Å². The number of aryl methyl sites for hydroxylation is 1. The quantitative estimate of drug-likeness (QED) is 0.864. The van der Waals surface area contributed by atoms with Crippen molar-refractivity contribution in [2.45, 2.75) is 26.3 Å². The standard InChI is InChI=1S/C13H19N3O2/c1-2-7-15-8-3-5-11(15)13(18)16-9-4-6-14-12(17)10-16/h3,5,8H,2,4,6-7,9-10H2,1H3,(H,14,17). The molecule has 5 heteroatoms. The number of amides is 2. The zero-order valence-electron chi connectivity index (χ0n) is 10.7. The van der Waals surface area contributed by atoms with Crippen LogP contribution in [0, 0.1) is 0 Å². The van der Waals surface area contributed by atoms with E-state index >= 15 is 0 Å². The topological polar surface area (TPSA) is 54.3 Å². The molecule has 98 valence electrons. The molecule has 1 aliphatic heterocycles. The highest BCUT2D eigenvalue weighted by molar-refractivity contribution is 5.95. The molecule has 0 spiro atoms. The number of rotatable bonds is 3. The van der Waals surface area contributed by atoms with Crippen molar-refractivity contribution in [3.63, 3.8) is 0 Å². The first-order valence-corrected chi connectivity index (χ1v) is 6.43. The van der Waals surface area contributed by atoms with Crippen LogP contribution in [0.1, 0.15) is 30.3 Å². The first-order chi connectivity index (χ1) is 8.72. The third-order valence-corrected chi connectivity index (χ3v) is 3.06. The zero-order chi connectivity index (χ0) is 13.0. The second-order valence-electron chi connectivity index (χ2n) is 4.52. The molecule has 0 aromatic carbocycles. The van der Waals surface area contributed by atoms with Crippen LogP contribution < -0.4 is 5.32 Å². The summed E-state index contributed by atoms with van der Waals surface area (Å²) in [5.41, 5.74) is 0.673. The van der Waals surface area contributed by atoms with Crippen LogP contribution in [-0.4, -0.2) is 40.9 Å². The van der Waals surface area contributed by atoms with E-state index in [0.717, 1.165) is 19.4 Å². The Morgan fingerprint density at radius 1 is 1.50 bits per heavy atom. The Balaban J connectivity index is 2.13. The van der Waals surface area contributed by atoms with Gasteiger partial charge in [0.1, 0.15) is 5.69 Å². The molecule has 2 amide bonds. The van der Waals surface area contributed by atoms with E-state index in [1.54, 1.807) is 4.90 Å². The Kier molecular flexibility index (Phi) is 4.02. The van der Waals surface area contributed by atoms with Gasteiger partial charge in [0, 0.05) is 25.8 Å². The third kappa shape index (κ3) is 2.72. The molecule has 1 N–H and O–H groups in total. The predicted octanol–water partition coefficient (Wildman–Crippen LogP) is 0.860. The average Bonchev–Trinajstić information content (AvgIpc) is 2.70. The number of aromatic nitrogens is 1. The second-order valence-corrected chi connectivity index (χ2v) is 4.52. The summed E-state index contributed by atoms with van der Waals surface area (Å²) >= 11 is 0. The van der Waals surface area contributed by atoms with Crippen LogP contribution in [0.4, 0.5) is 0 Å². The predicted molar refractivity (Wildman–Crippen MR) is 68.3 cm³/mol. The Morgan fingerprint density at radius 2 is 2.33 bits per heavy atom. The number of hydrogen-bond acceptors (Lipinski definition) is 2. The maximum absolute atomic E-state index is 12.4. The fourth-order valence-electron chi connectivity index (χ4n) is 2.19. The molecule has 0 aliphatic carbocycles. The molecular weight excluding hydrogens is 230 g/mol. The molecule has 0 saturated carbocycles. The lowest BCUT2D eigenvalue weighted by molar-refractivity contribution is -0.121. The maximum Gasteiger partial charge on any atom is 0.270 e. The van der Waals surface area contributed by atoms with Crippen LogP contribution in [0.15, 0.2) is 18.3 Å². The summed E-state index contributed by atoms with van der Waals surface area (Å²) < 4.78 is 1.95. The zero-order valence-corrected chi connectivity index (χ0v) is 10.7. The molecule has 2 rings (SSSR count). The van der Waals surface area contributed by atoms with Gasteiger partial charge < -0.3 is 14.8 Å². The average molecular weight is 249 g/mol. The second kappa shape index (κ2) is 5.71. The minimum absolute atomic E-state index is 0.0505. The molecule has 0 unspecified atom stereocenters. The largest absolute Gasteiger partial charge is 0.354 e. The highest BCUT2D eigenvalue weighted by Crippen LogP contribution is 2.09. The lowest BCUT2D eigenvalue weighted by Crippen LogP contribution is -2.38. The summed E-state index contributed by atoms with van der Waals surface area (Å²) in [6, 6.07) is 3.70. The van der Waals surface area contributed by atoms with Crippen LogP contribution in [0.2, 0.25) is 0 Å². The highest BCUT2D eigenvalue weighted by atomic mass is 16.2. The van der Waals surface area contributed by atoms with Crippen molar-refractivity contribution in [1.82, 2.24) is 14.8 Å². The SMILES string of the molecule is CCCn1cccc1C(=O)N1CCCNC(=O)C1. The Bertz CT molecular complexity index is 439. The molecule has 1 fully saturated rings. The first-order valence-electron chi connectivity index (χ1n) is 6.43. The highest BCUT2D eigenvalue weighted by Gasteiger charge is 2.22. The summed E-state index contributed by atoms with van der Waals surface area (Å²) in [7, 11) is 0. The normalized spacial score (nSPS) is 16.3. The minimum Gasteiger partial charge on any atom is -0.354 e. The summed E-state index contributed by atoms with van der Waals surface area (Å²) in [5, 5.41) is 2.77. The van der Waals surface area contributed by atoms with Crippen molar-refractivity contribution in [2.24, 2.45) is 0 Å². The van der Waals surface area contributed by atoms with E-state index in [9.17, 15) is 9.59 Å². The van der Waals surface area contributed by atoms with Gasteiger partial charge in [0.15, 0.2) is 0 Å². The summed E-state index contributed by atoms with van der Waals surface area (Å²) in [6.45, 7) is 4.35. The van der Waals surface area contributed by atoms with Crippen LogP contribution >= 0.6 is 0 Å². The summed E-state index contributed by atoms with van der Waals surface area (Å²) in [5.74, 6) is -0.125. The van der Waals surface area contributed by atoms with Gasteiger partial charge in [-0.15, -0.1) is 0 Å². The fraction of sp³-hybridized carbons (Fsp3) is 0.538. The number of nitrogens with zero attached hydrogens (tertiary/aromatic N) is 2. The van der Waals surface area contributed by atoms with Crippen molar-refractivity contribution in [1.29, 1.82) is 0 Å². The minimum atomic E-state index is -0.0746. The van der Waals surface area contributed by atoms with Crippen molar-refractivity contribution < 1.29 is 9.59 Å². The Hall–Kier alpha value is -1.78.